The number of rotatable bonds is 5. The Balaban J connectivity index is 1.52. The first-order chi connectivity index (χ1) is 12.7. The van der Waals surface area contributed by atoms with Crippen molar-refractivity contribution in [2.45, 2.75) is 18.9 Å². The molecule has 1 unspecified atom stereocenters. The number of carbonyl (C=O) groups excluding carboxylic acids is 1. The molecule has 1 saturated heterocycles. The summed E-state index contributed by atoms with van der Waals surface area (Å²) in [4.78, 5) is 15.0. The van der Waals surface area contributed by atoms with Crippen LogP contribution in [0.3, 0.4) is 0 Å². The summed E-state index contributed by atoms with van der Waals surface area (Å²) >= 11 is 6.43. The van der Waals surface area contributed by atoms with Crippen LogP contribution in [0.4, 0.5) is 0 Å². The fourth-order valence-corrected chi connectivity index (χ4v) is 3.87. The Hall–Kier alpha value is -2.30. The molecule has 0 radical (unpaired) electrons. The zero-order valence-corrected chi connectivity index (χ0v) is 15.2. The van der Waals surface area contributed by atoms with E-state index >= 15 is 0 Å². The minimum atomic E-state index is -0.197. The first kappa shape index (κ1) is 17.1. The van der Waals surface area contributed by atoms with Crippen LogP contribution in [0.2, 0.25) is 5.02 Å². The molecule has 0 aliphatic carbocycles. The number of hydrogen-bond donors (Lipinski definition) is 1. The Bertz CT molecular complexity index is 882. The molecule has 0 saturated carbocycles. The lowest BCUT2D eigenvalue weighted by molar-refractivity contribution is 0.0912. The lowest BCUT2D eigenvalue weighted by Crippen LogP contribution is -2.36. The highest BCUT2D eigenvalue weighted by Crippen LogP contribution is 2.30. The Morgan fingerprint density at radius 3 is 2.62 bits per heavy atom. The molecule has 4 rings (SSSR count). The van der Waals surface area contributed by atoms with Crippen LogP contribution in [0.1, 0.15) is 35.0 Å². The van der Waals surface area contributed by atoms with E-state index in [1.807, 2.05) is 48.5 Å². The Kier molecular flexibility index (Phi) is 4.96. The van der Waals surface area contributed by atoms with E-state index in [-0.39, 0.29) is 11.9 Å². The van der Waals surface area contributed by atoms with Gasteiger partial charge in [-0.2, -0.15) is 0 Å². The number of fused-ring (bicyclic) bond motifs is 1. The van der Waals surface area contributed by atoms with Crippen molar-refractivity contribution in [2.75, 3.05) is 19.6 Å². The van der Waals surface area contributed by atoms with E-state index in [9.17, 15) is 4.79 Å². The minimum Gasteiger partial charge on any atom is -0.451 e. The van der Waals surface area contributed by atoms with Crippen LogP contribution < -0.4 is 5.32 Å². The highest BCUT2D eigenvalue weighted by molar-refractivity contribution is 6.31. The Labute approximate surface area is 157 Å². The molecule has 1 aliphatic heterocycles. The molecule has 1 fully saturated rings. The molecule has 3 aromatic rings. The summed E-state index contributed by atoms with van der Waals surface area (Å²) < 4.78 is 5.67. The van der Waals surface area contributed by atoms with Crippen molar-refractivity contribution in [3.8, 4) is 0 Å². The van der Waals surface area contributed by atoms with Crippen molar-refractivity contribution in [1.82, 2.24) is 10.2 Å². The summed E-state index contributed by atoms with van der Waals surface area (Å²) in [5.74, 6) is 0.142. The SMILES string of the molecule is O=C(NCC(c1ccccc1Cl)N1CCCC1)c1cc2ccccc2o1. The topological polar surface area (TPSA) is 45.5 Å². The Morgan fingerprint density at radius 2 is 1.85 bits per heavy atom. The molecule has 2 heterocycles. The molecular formula is C21H21ClN2O2. The molecule has 1 aliphatic rings. The van der Waals surface area contributed by atoms with E-state index in [1.165, 1.54) is 12.8 Å². The van der Waals surface area contributed by atoms with Gasteiger partial charge in [0.05, 0.1) is 6.04 Å². The maximum atomic E-state index is 12.6. The number of nitrogens with zero attached hydrogens (tertiary/aromatic N) is 1. The number of likely N-dealkylation sites (tertiary alicyclic amines) is 1. The number of benzene rings is 2. The molecular weight excluding hydrogens is 348 g/mol. The average molecular weight is 369 g/mol. The molecule has 5 heteroatoms. The second kappa shape index (κ2) is 7.52. The largest absolute Gasteiger partial charge is 0.451 e. The van der Waals surface area contributed by atoms with E-state index < -0.39 is 0 Å². The molecule has 0 bridgehead atoms. The van der Waals surface area contributed by atoms with Gasteiger partial charge in [0.15, 0.2) is 5.76 Å². The fourth-order valence-electron chi connectivity index (χ4n) is 3.60. The monoisotopic (exact) mass is 368 g/mol. The number of hydrogen-bond acceptors (Lipinski definition) is 3. The van der Waals surface area contributed by atoms with Crippen LogP contribution in [0, 0.1) is 0 Å². The maximum absolute atomic E-state index is 12.6. The van der Waals surface area contributed by atoms with Crippen LogP contribution in [0.5, 0.6) is 0 Å². The predicted molar refractivity (Wildman–Crippen MR) is 104 cm³/mol. The van der Waals surface area contributed by atoms with Crippen molar-refractivity contribution in [1.29, 1.82) is 0 Å². The van der Waals surface area contributed by atoms with Gasteiger partial charge in [0.2, 0.25) is 0 Å². The van der Waals surface area contributed by atoms with Crippen molar-refractivity contribution < 1.29 is 9.21 Å². The lowest BCUT2D eigenvalue weighted by Gasteiger charge is -2.28. The van der Waals surface area contributed by atoms with E-state index in [1.54, 1.807) is 6.07 Å². The second-order valence-electron chi connectivity index (χ2n) is 6.64. The van der Waals surface area contributed by atoms with Gasteiger partial charge in [0, 0.05) is 17.0 Å². The van der Waals surface area contributed by atoms with Gasteiger partial charge in [-0.15, -0.1) is 0 Å². The summed E-state index contributed by atoms with van der Waals surface area (Å²) in [5, 5.41) is 4.70. The number of amides is 1. The normalized spacial score (nSPS) is 16.0. The first-order valence-electron chi connectivity index (χ1n) is 8.97. The van der Waals surface area contributed by atoms with Crippen molar-refractivity contribution in [2.24, 2.45) is 0 Å². The zero-order valence-electron chi connectivity index (χ0n) is 14.5. The third kappa shape index (κ3) is 3.48. The third-order valence-corrected chi connectivity index (χ3v) is 5.30. The highest BCUT2D eigenvalue weighted by Gasteiger charge is 2.26. The van der Waals surface area contributed by atoms with Gasteiger partial charge in [-0.05, 0) is 49.7 Å². The van der Waals surface area contributed by atoms with Gasteiger partial charge >= 0.3 is 0 Å². The quantitative estimate of drug-likeness (QED) is 0.712. The van der Waals surface area contributed by atoms with Gasteiger partial charge in [0.1, 0.15) is 5.58 Å². The number of para-hydroxylation sites is 1. The van der Waals surface area contributed by atoms with Gasteiger partial charge in [-0.3, -0.25) is 9.69 Å². The predicted octanol–water partition coefficient (Wildman–Crippen LogP) is 4.65. The smallest absolute Gasteiger partial charge is 0.287 e. The van der Waals surface area contributed by atoms with E-state index in [0.717, 1.165) is 34.6 Å². The molecule has 1 atom stereocenters. The number of halogens is 1. The third-order valence-electron chi connectivity index (χ3n) is 4.95. The highest BCUT2D eigenvalue weighted by atomic mass is 35.5. The number of furan rings is 1. The molecule has 1 aromatic heterocycles. The molecule has 4 nitrogen and oxygen atoms in total. The van der Waals surface area contributed by atoms with Crippen molar-refractivity contribution in [3.63, 3.8) is 0 Å². The van der Waals surface area contributed by atoms with Crippen LogP contribution >= 0.6 is 11.6 Å². The molecule has 0 spiro atoms. The molecule has 134 valence electrons. The van der Waals surface area contributed by atoms with Crippen molar-refractivity contribution >= 4 is 28.5 Å². The standard InChI is InChI=1S/C21H21ClN2O2/c22-17-9-3-2-8-16(17)18(24-11-5-6-12-24)14-23-21(25)20-13-15-7-1-4-10-19(15)26-20/h1-4,7-10,13,18H,5-6,11-12,14H2,(H,23,25). The molecule has 1 amide bonds. The summed E-state index contributed by atoms with van der Waals surface area (Å²) in [5.41, 5.74) is 1.78. The lowest BCUT2D eigenvalue weighted by atomic mass is 10.1. The zero-order chi connectivity index (χ0) is 17.9. The van der Waals surface area contributed by atoms with E-state index in [2.05, 4.69) is 10.2 Å². The summed E-state index contributed by atoms with van der Waals surface area (Å²) in [7, 11) is 0. The van der Waals surface area contributed by atoms with Gasteiger partial charge in [0.25, 0.3) is 5.91 Å². The number of carbonyl (C=O) groups is 1. The first-order valence-corrected chi connectivity index (χ1v) is 9.35. The maximum Gasteiger partial charge on any atom is 0.287 e. The molecule has 26 heavy (non-hydrogen) atoms. The van der Waals surface area contributed by atoms with Gasteiger partial charge in [-0.1, -0.05) is 48.0 Å². The summed E-state index contributed by atoms with van der Waals surface area (Å²) in [6, 6.07) is 17.3. The van der Waals surface area contributed by atoms with Crippen molar-refractivity contribution in [3.05, 3.63) is 70.9 Å². The second-order valence-corrected chi connectivity index (χ2v) is 7.05. The number of nitrogens with one attached hydrogen (secondary N) is 1. The molecule has 2 aromatic carbocycles. The fraction of sp³-hybridized carbons (Fsp3) is 0.286. The van der Waals surface area contributed by atoms with Gasteiger partial charge in [-0.25, -0.2) is 0 Å². The van der Waals surface area contributed by atoms with Crippen LogP contribution in [-0.4, -0.2) is 30.4 Å². The van der Waals surface area contributed by atoms with E-state index in [0.29, 0.717) is 12.3 Å². The van der Waals surface area contributed by atoms with Crippen LogP contribution in [-0.2, 0) is 0 Å². The Morgan fingerprint density at radius 1 is 1.12 bits per heavy atom. The van der Waals surface area contributed by atoms with Gasteiger partial charge < -0.3 is 9.73 Å². The van der Waals surface area contributed by atoms with Crippen LogP contribution in [0.25, 0.3) is 11.0 Å². The summed E-state index contributed by atoms with van der Waals surface area (Å²) in [6.07, 6.45) is 2.36. The average Bonchev–Trinajstić information content (AvgIpc) is 3.32. The van der Waals surface area contributed by atoms with Crippen LogP contribution in [0.15, 0.2) is 59.0 Å². The minimum absolute atomic E-state index is 0.0690. The van der Waals surface area contributed by atoms with E-state index in [4.69, 9.17) is 16.0 Å². The molecule has 1 N–H and O–H groups in total. The summed E-state index contributed by atoms with van der Waals surface area (Å²) in [6.45, 7) is 2.55.